The number of non-ortho nitro benzene ring substituents is 1. The first-order chi connectivity index (χ1) is 11.5. The van der Waals surface area contributed by atoms with Crippen LogP contribution in [-0.2, 0) is 4.79 Å². The lowest BCUT2D eigenvalue weighted by molar-refractivity contribution is -0.384. The van der Waals surface area contributed by atoms with Crippen LogP contribution in [0.25, 0.3) is 0 Å². The summed E-state index contributed by atoms with van der Waals surface area (Å²) in [5.41, 5.74) is -0.0151. The summed E-state index contributed by atoms with van der Waals surface area (Å²) in [7, 11) is 0. The van der Waals surface area contributed by atoms with E-state index < -0.39 is 4.92 Å². The van der Waals surface area contributed by atoms with E-state index in [1.807, 2.05) is 0 Å². The number of anilines is 1. The Balaban J connectivity index is 1.79. The Morgan fingerprint density at radius 2 is 2.04 bits per heavy atom. The van der Waals surface area contributed by atoms with Crippen LogP contribution in [0.3, 0.4) is 0 Å². The first-order valence-electron chi connectivity index (χ1n) is 8.04. The number of nitro benzene ring substituents is 1. The Bertz CT molecular complexity index is 630. The van der Waals surface area contributed by atoms with E-state index in [4.69, 9.17) is 12.2 Å². The molecule has 1 aromatic carbocycles. The van der Waals surface area contributed by atoms with Gasteiger partial charge in [0, 0.05) is 12.5 Å². The van der Waals surface area contributed by atoms with E-state index in [0.717, 1.165) is 12.5 Å². The summed E-state index contributed by atoms with van der Waals surface area (Å²) in [4.78, 5) is 21.9. The van der Waals surface area contributed by atoms with E-state index in [1.54, 1.807) is 0 Å². The van der Waals surface area contributed by atoms with E-state index in [0.29, 0.717) is 12.3 Å². The molecular formula is C16H21N3O4S. The maximum absolute atomic E-state index is 11.9. The fraction of sp³-hybridized carbons (Fsp3) is 0.500. The molecule has 0 bridgehead atoms. The van der Waals surface area contributed by atoms with Crippen molar-refractivity contribution in [2.45, 2.75) is 44.9 Å². The second kappa shape index (κ2) is 8.58. The molecular weight excluding hydrogens is 330 g/mol. The second-order valence-corrected chi connectivity index (χ2v) is 6.41. The maximum atomic E-state index is 11.9. The molecule has 0 atom stereocenters. The zero-order valence-electron chi connectivity index (χ0n) is 13.3. The fourth-order valence-corrected chi connectivity index (χ4v) is 3.12. The molecule has 0 radical (unpaired) electrons. The van der Waals surface area contributed by atoms with Crippen molar-refractivity contribution in [2.75, 3.05) is 5.32 Å². The molecule has 8 heteroatoms. The molecule has 1 amide bonds. The van der Waals surface area contributed by atoms with Gasteiger partial charge in [-0.2, -0.15) is 0 Å². The first kappa shape index (κ1) is 18.1. The van der Waals surface area contributed by atoms with Gasteiger partial charge in [-0.25, -0.2) is 0 Å². The van der Waals surface area contributed by atoms with E-state index >= 15 is 0 Å². The summed E-state index contributed by atoms with van der Waals surface area (Å²) in [5.74, 6) is 0.146. The van der Waals surface area contributed by atoms with Crippen molar-refractivity contribution in [1.29, 1.82) is 0 Å². The summed E-state index contributed by atoms with van der Waals surface area (Å²) in [5, 5.41) is 25.7. The molecule has 1 saturated carbocycles. The number of phenols is 1. The summed E-state index contributed by atoms with van der Waals surface area (Å²) in [6.07, 6.45) is 7.42. The summed E-state index contributed by atoms with van der Waals surface area (Å²) in [6, 6.07) is 3.61. The van der Waals surface area contributed by atoms with Crippen LogP contribution < -0.4 is 10.6 Å². The SMILES string of the molecule is O=C(CCC1CCCCC1)NC(=S)Nc1ccc([N+](=O)[O-])cc1O. The molecule has 0 heterocycles. The predicted octanol–water partition coefficient (Wildman–Crippen LogP) is 3.47. The van der Waals surface area contributed by atoms with Crippen LogP contribution in [0, 0.1) is 16.0 Å². The largest absolute Gasteiger partial charge is 0.506 e. The standard InChI is InChI=1S/C16H21N3O4S/c20-14-10-12(19(22)23)7-8-13(14)17-16(24)18-15(21)9-6-11-4-2-1-3-5-11/h7-8,10-11,20H,1-6,9H2,(H2,17,18,21,24). The number of carbonyl (C=O) groups is 1. The lowest BCUT2D eigenvalue weighted by Crippen LogP contribution is -2.34. The van der Waals surface area contributed by atoms with Crippen molar-refractivity contribution in [2.24, 2.45) is 5.92 Å². The number of amides is 1. The van der Waals surface area contributed by atoms with Crippen LogP contribution in [0.5, 0.6) is 5.75 Å². The van der Waals surface area contributed by atoms with Gasteiger partial charge in [-0.1, -0.05) is 32.1 Å². The molecule has 0 aromatic heterocycles. The van der Waals surface area contributed by atoms with Crippen LogP contribution in [0.15, 0.2) is 18.2 Å². The highest BCUT2D eigenvalue weighted by Crippen LogP contribution is 2.28. The molecule has 1 fully saturated rings. The Kier molecular flexibility index (Phi) is 6.48. The minimum atomic E-state index is -0.602. The van der Waals surface area contributed by atoms with Crippen molar-refractivity contribution >= 4 is 34.6 Å². The van der Waals surface area contributed by atoms with Gasteiger partial charge in [-0.15, -0.1) is 0 Å². The number of thiocarbonyl (C=S) groups is 1. The number of benzene rings is 1. The average Bonchev–Trinajstić information content (AvgIpc) is 2.55. The zero-order valence-corrected chi connectivity index (χ0v) is 14.1. The van der Waals surface area contributed by atoms with Crippen molar-refractivity contribution in [1.82, 2.24) is 5.32 Å². The highest BCUT2D eigenvalue weighted by molar-refractivity contribution is 7.80. The third-order valence-corrected chi connectivity index (χ3v) is 4.40. The number of phenolic OH excluding ortho intramolecular Hbond substituents is 1. The smallest absolute Gasteiger partial charge is 0.273 e. The van der Waals surface area contributed by atoms with Crippen LogP contribution >= 0.6 is 12.2 Å². The first-order valence-corrected chi connectivity index (χ1v) is 8.45. The van der Waals surface area contributed by atoms with Crippen molar-refractivity contribution in [3.63, 3.8) is 0 Å². The molecule has 1 aromatic rings. The lowest BCUT2D eigenvalue weighted by Gasteiger charge is -2.21. The van der Waals surface area contributed by atoms with E-state index in [1.165, 1.54) is 44.2 Å². The average molecular weight is 351 g/mol. The van der Waals surface area contributed by atoms with Gasteiger partial charge >= 0.3 is 0 Å². The normalized spacial score (nSPS) is 14.8. The summed E-state index contributed by atoms with van der Waals surface area (Å²) >= 11 is 5.04. The van der Waals surface area contributed by atoms with E-state index in [9.17, 15) is 20.0 Å². The molecule has 0 saturated heterocycles. The number of nitrogens with zero attached hydrogens (tertiary/aromatic N) is 1. The predicted molar refractivity (Wildman–Crippen MR) is 94.9 cm³/mol. The Morgan fingerprint density at radius 1 is 1.33 bits per heavy atom. The van der Waals surface area contributed by atoms with Crippen LogP contribution in [0.2, 0.25) is 0 Å². The van der Waals surface area contributed by atoms with Crippen LogP contribution in [0.4, 0.5) is 11.4 Å². The highest BCUT2D eigenvalue weighted by atomic mass is 32.1. The lowest BCUT2D eigenvalue weighted by atomic mass is 9.86. The van der Waals surface area contributed by atoms with Crippen molar-refractivity contribution in [3.05, 3.63) is 28.3 Å². The van der Waals surface area contributed by atoms with Gasteiger partial charge in [-0.05, 0) is 30.6 Å². The summed E-state index contributed by atoms with van der Waals surface area (Å²) < 4.78 is 0. The quantitative estimate of drug-likeness (QED) is 0.325. The van der Waals surface area contributed by atoms with Gasteiger partial charge < -0.3 is 15.7 Å². The van der Waals surface area contributed by atoms with E-state index in [-0.39, 0.29) is 28.1 Å². The molecule has 1 aliphatic rings. The third-order valence-electron chi connectivity index (χ3n) is 4.20. The molecule has 0 aliphatic heterocycles. The van der Waals surface area contributed by atoms with E-state index in [2.05, 4.69) is 10.6 Å². The number of carbonyl (C=O) groups excluding carboxylic acids is 1. The molecule has 0 unspecified atom stereocenters. The van der Waals surface area contributed by atoms with Gasteiger partial charge in [0.15, 0.2) is 5.11 Å². The molecule has 130 valence electrons. The van der Waals surface area contributed by atoms with Crippen LogP contribution in [-0.4, -0.2) is 21.0 Å². The van der Waals surface area contributed by atoms with Crippen LogP contribution in [0.1, 0.15) is 44.9 Å². The third kappa shape index (κ3) is 5.45. The number of rotatable bonds is 5. The minimum absolute atomic E-state index is 0.0628. The molecule has 3 N–H and O–H groups in total. The molecule has 0 spiro atoms. The topological polar surface area (TPSA) is 104 Å². The number of aromatic hydroxyl groups is 1. The Morgan fingerprint density at radius 3 is 2.67 bits per heavy atom. The molecule has 2 rings (SSSR count). The van der Waals surface area contributed by atoms with Gasteiger partial charge in [0.1, 0.15) is 5.75 Å². The molecule has 7 nitrogen and oxygen atoms in total. The zero-order chi connectivity index (χ0) is 17.5. The van der Waals surface area contributed by atoms with Gasteiger partial charge in [0.05, 0.1) is 16.7 Å². The number of nitrogens with one attached hydrogen (secondary N) is 2. The van der Waals surface area contributed by atoms with Gasteiger partial charge in [-0.3, -0.25) is 14.9 Å². The van der Waals surface area contributed by atoms with Gasteiger partial charge in [0.2, 0.25) is 5.91 Å². The van der Waals surface area contributed by atoms with Gasteiger partial charge in [0.25, 0.3) is 5.69 Å². The molecule has 1 aliphatic carbocycles. The van der Waals surface area contributed by atoms with Crippen molar-refractivity contribution < 1.29 is 14.8 Å². The number of nitro groups is 1. The molecule has 24 heavy (non-hydrogen) atoms. The highest BCUT2D eigenvalue weighted by Gasteiger charge is 2.16. The monoisotopic (exact) mass is 351 g/mol. The van der Waals surface area contributed by atoms with Crippen molar-refractivity contribution in [3.8, 4) is 5.75 Å². The Labute approximate surface area is 145 Å². The number of hydrogen-bond donors (Lipinski definition) is 3. The number of hydrogen-bond acceptors (Lipinski definition) is 5. The Hall–Kier alpha value is -2.22. The maximum Gasteiger partial charge on any atom is 0.273 e. The second-order valence-electron chi connectivity index (χ2n) is 6.00. The summed E-state index contributed by atoms with van der Waals surface area (Å²) in [6.45, 7) is 0. The fourth-order valence-electron chi connectivity index (χ4n) is 2.89. The minimum Gasteiger partial charge on any atom is -0.506 e.